The maximum Gasteiger partial charge on any atom is 0.323 e. The fourth-order valence-corrected chi connectivity index (χ4v) is 3.15. The Balaban J connectivity index is 1.79. The van der Waals surface area contributed by atoms with E-state index < -0.39 is 0 Å². The van der Waals surface area contributed by atoms with Crippen LogP contribution in [0, 0.1) is 0 Å². The number of hydrogen-bond acceptors (Lipinski definition) is 4. The summed E-state index contributed by atoms with van der Waals surface area (Å²) in [7, 11) is 0. The Morgan fingerprint density at radius 2 is 2.30 bits per heavy atom. The van der Waals surface area contributed by atoms with Gasteiger partial charge in [-0.05, 0) is 24.5 Å². The van der Waals surface area contributed by atoms with Gasteiger partial charge in [-0.25, -0.2) is 4.79 Å². The molecule has 1 aliphatic heterocycles. The van der Waals surface area contributed by atoms with Crippen LogP contribution in [-0.4, -0.2) is 27.1 Å². The first-order valence-corrected chi connectivity index (χ1v) is 7.50. The molecular weight excluding hydrogens is 296 g/mol. The van der Waals surface area contributed by atoms with Crippen molar-refractivity contribution in [1.82, 2.24) is 14.5 Å². The smallest absolute Gasteiger partial charge is 0.317 e. The van der Waals surface area contributed by atoms with Crippen LogP contribution in [0.25, 0.3) is 0 Å². The van der Waals surface area contributed by atoms with Gasteiger partial charge < -0.3 is 4.90 Å². The van der Waals surface area contributed by atoms with Crippen molar-refractivity contribution in [2.24, 2.45) is 0 Å². The minimum Gasteiger partial charge on any atom is -0.317 e. The van der Waals surface area contributed by atoms with Crippen molar-refractivity contribution in [1.29, 1.82) is 0 Å². The first-order chi connectivity index (χ1) is 9.75. The molecule has 0 saturated carbocycles. The van der Waals surface area contributed by atoms with E-state index in [0.717, 1.165) is 36.5 Å². The number of urea groups is 1. The third-order valence-corrected chi connectivity index (χ3v) is 4.29. The molecule has 0 spiro atoms. The average molecular weight is 309 g/mol. The lowest BCUT2D eigenvalue weighted by molar-refractivity contribution is 0.207. The maximum atomic E-state index is 12.3. The van der Waals surface area contributed by atoms with E-state index in [1.807, 2.05) is 29.2 Å². The van der Waals surface area contributed by atoms with Crippen LogP contribution in [0.4, 0.5) is 9.80 Å². The quantitative estimate of drug-likeness (QED) is 0.923. The van der Waals surface area contributed by atoms with Gasteiger partial charge in [0.15, 0.2) is 0 Å². The summed E-state index contributed by atoms with van der Waals surface area (Å²) < 4.78 is 3.73. The van der Waals surface area contributed by atoms with Crippen LogP contribution < -0.4 is 5.32 Å². The minimum atomic E-state index is -0.126. The number of nitrogens with one attached hydrogen (secondary N) is 1. The van der Waals surface area contributed by atoms with Gasteiger partial charge in [-0.2, -0.15) is 0 Å². The summed E-state index contributed by atoms with van der Waals surface area (Å²) in [6.45, 7) is 0.730. The molecular formula is C13H13ClN4OS. The van der Waals surface area contributed by atoms with Gasteiger partial charge in [0.05, 0.1) is 12.2 Å². The molecule has 1 atom stereocenters. The molecule has 0 radical (unpaired) electrons. The molecule has 1 aromatic heterocycles. The summed E-state index contributed by atoms with van der Waals surface area (Å²) in [6, 6.07) is 7.59. The molecule has 0 aliphatic carbocycles. The fourth-order valence-electron chi connectivity index (χ4n) is 2.48. The maximum absolute atomic E-state index is 12.3. The Kier molecular flexibility index (Phi) is 3.84. The summed E-state index contributed by atoms with van der Waals surface area (Å²) >= 11 is 7.41. The molecule has 20 heavy (non-hydrogen) atoms. The van der Waals surface area contributed by atoms with Crippen LogP contribution in [0.5, 0.6) is 0 Å². The van der Waals surface area contributed by atoms with Crippen LogP contribution in [0.15, 0.2) is 30.5 Å². The van der Waals surface area contributed by atoms with Gasteiger partial charge in [-0.1, -0.05) is 34.3 Å². The number of amides is 2. The summed E-state index contributed by atoms with van der Waals surface area (Å²) in [5.74, 6) is 0. The molecule has 0 bridgehead atoms. The molecule has 5 nitrogen and oxygen atoms in total. The van der Waals surface area contributed by atoms with Crippen LogP contribution >= 0.6 is 23.1 Å². The highest BCUT2D eigenvalue weighted by atomic mass is 35.5. The molecule has 104 valence electrons. The molecule has 1 aromatic carbocycles. The van der Waals surface area contributed by atoms with Crippen molar-refractivity contribution in [2.45, 2.75) is 18.9 Å². The standard InChI is InChI=1S/C13H13ClN4OS/c14-10-5-2-1-4-9(10)11-6-3-7-18(11)13(19)16-12-8-15-17-20-12/h1-2,4-5,8,11H,3,6-7H2,(H,16,19). The SMILES string of the molecule is O=C(Nc1cnns1)N1CCCC1c1ccccc1Cl. The lowest BCUT2D eigenvalue weighted by atomic mass is 10.0. The average Bonchev–Trinajstić information content (AvgIpc) is 3.09. The molecule has 3 rings (SSSR count). The molecule has 1 unspecified atom stereocenters. The summed E-state index contributed by atoms with van der Waals surface area (Å²) in [5, 5.41) is 7.89. The molecule has 2 heterocycles. The van der Waals surface area contributed by atoms with E-state index in [9.17, 15) is 4.79 Å². The Morgan fingerprint density at radius 1 is 1.45 bits per heavy atom. The van der Waals surface area contributed by atoms with Crippen molar-refractivity contribution in [3.05, 3.63) is 41.0 Å². The summed E-state index contributed by atoms with van der Waals surface area (Å²) in [5.41, 5.74) is 1.00. The Labute approximate surface area is 125 Å². The Morgan fingerprint density at radius 3 is 3.05 bits per heavy atom. The molecule has 1 aliphatic rings. The van der Waals surface area contributed by atoms with E-state index in [1.54, 1.807) is 6.20 Å². The van der Waals surface area contributed by atoms with Gasteiger partial charge in [0.1, 0.15) is 5.00 Å². The third-order valence-electron chi connectivity index (χ3n) is 3.37. The summed E-state index contributed by atoms with van der Waals surface area (Å²) in [4.78, 5) is 14.2. The number of nitrogens with zero attached hydrogens (tertiary/aromatic N) is 3. The van der Waals surface area contributed by atoms with E-state index in [-0.39, 0.29) is 12.1 Å². The zero-order valence-electron chi connectivity index (χ0n) is 10.6. The zero-order chi connectivity index (χ0) is 13.9. The van der Waals surface area contributed by atoms with Crippen LogP contribution in [0.3, 0.4) is 0 Å². The highest BCUT2D eigenvalue weighted by Crippen LogP contribution is 2.36. The lowest BCUT2D eigenvalue weighted by Crippen LogP contribution is -2.34. The number of aromatic nitrogens is 2. The second-order valence-electron chi connectivity index (χ2n) is 4.58. The number of carbonyl (C=O) groups is 1. The number of anilines is 1. The highest BCUT2D eigenvalue weighted by molar-refractivity contribution is 7.10. The first-order valence-electron chi connectivity index (χ1n) is 6.35. The van der Waals surface area contributed by atoms with Crippen molar-refractivity contribution < 1.29 is 4.79 Å². The van der Waals surface area contributed by atoms with Crippen molar-refractivity contribution in [3.63, 3.8) is 0 Å². The zero-order valence-corrected chi connectivity index (χ0v) is 12.2. The van der Waals surface area contributed by atoms with E-state index in [4.69, 9.17) is 11.6 Å². The first kappa shape index (κ1) is 13.3. The van der Waals surface area contributed by atoms with Crippen molar-refractivity contribution >= 4 is 34.2 Å². The normalized spacial score (nSPS) is 18.2. The van der Waals surface area contributed by atoms with E-state index in [0.29, 0.717) is 10.0 Å². The molecule has 1 N–H and O–H groups in total. The molecule has 7 heteroatoms. The van der Waals surface area contributed by atoms with E-state index in [1.165, 1.54) is 0 Å². The van der Waals surface area contributed by atoms with Gasteiger partial charge in [0.25, 0.3) is 0 Å². The molecule has 1 fully saturated rings. The number of hydrogen-bond donors (Lipinski definition) is 1. The number of benzene rings is 1. The van der Waals surface area contributed by atoms with Crippen LogP contribution in [0.1, 0.15) is 24.4 Å². The molecule has 2 aromatic rings. The van der Waals surface area contributed by atoms with Gasteiger partial charge in [-0.15, -0.1) is 5.10 Å². The largest absolute Gasteiger partial charge is 0.323 e. The number of rotatable bonds is 2. The van der Waals surface area contributed by atoms with Gasteiger partial charge in [0, 0.05) is 23.1 Å². The third kappa shape index (κ3) is 2.62. The second-order valence-corrected chi connectivity index (χ2v) is 5.78. The summed E-state index contributed by atoms with van der Waals surface area (Å²) in [6.07, 6.45) is 3.45. The van der Waals surface area contributed by atoms with Gasteiger partial charge in [-0.3, -0.25) is 5.32 Å². The minimum absolute atomic E-state index is 0.0320. The Hall–Kier alpha value is -1.66. The predicted octanol–water partition coefficient (Wildman–Crippen LogP) is 3.56. The number of halogens is 1. The fraction of sp³-hybridized carbons (Fsp3) is 0.308. The molecule has 1 saturated heterocycles. The van der Waals surface area contributed by atoms with Gasteiger partial charge >= 0.3 is 6.03 Å². The number of carbonyl (C=O) groups excluding carboxylic acids is 1. The molecule has 2 amide bonds. The van der Waals surface area contributed by atoms with Crippen molar-refractivity contribution in [2.75, 3.05) is 11.9 Å². The highest BCUT2D eigenvalue weighted by Gasteiger charge is 2.31. The van der Waals surface area contributed by atoms with Crippen LogP contribution in [-0.2, 0) is 0 Å². The predicted molar refractivity (Wildman–Crippen MR) is 79.1 cm³/mol. The second kappa shape index (κ2) is 5.76. The van der Waals surface area contributed by atoms with Crippen molar-refractivity contribution in [3.8, 4) is 0 Å². The monoisotopic (exact) mass is 308 g/mol. The topological polar surface area (TPSA) is 58.1 Å². The number of likely N-dealkylation sites (tertiary alicyclic amines) is 1. The van der Waals surface area contributed by atoms with Gasteiger partial charge in [0.2, 0.25) is 0 Å². The van der Waals surface area contributed by atoms with E-state index in [2.05, 4.69) is 14.9 Å². The van der Waals surface area contributed by atoms with E-state index >= 15 is 0 Å². The lowest BCUT2D eigenvalue weighted by Gasteiger charge is -2.25. The van der Waals surface area contributed by atoms with Crippen LogP contribution in [0.2, 0.25) is 5.02 Å². The Bertz CT molecular complexity index is 604.